The van der Waals surface area contributed by atoms with Crippen LogP contribution in [0.2, 0.25) is 0 Å². The van der Waals surface area contributed by atoms with E-state index in [0.717, 1.165) is 16.8 Å². The van der Waals surface area contributed by atoms with E-state index >= 15 is 0 Å². The SMILES string of the molecule is CC(C)(O)C(=O)N1CCC(c2cc(-c3ccc(NC(=O)c4c5n(n(-c6ccccn6)c4=O)CCOC5)cc3)c3c(N)ncnn23)CC1. The van der Waals surface area contributed by atoms with Gasteiger partial charge in [0.2, 0.25) is 0 Å². The third-order valence-corrected chi connectivity index (χ3v) is 8.82. The Balaban J connectivity index is 1.15. The van der Waals surface area contributed by atoms with Crippen molar-refractivity contribution in [3.63, 3.8) is 0 Å². The Morgan fingerprint density at radius 1 is 1.06 bits per heavy atom. The van der Waals surface area contributed by atoms with Crippen LogP contribution in [0.15, 0.2) is 65.8 Å². The van der Waals surface area contributed by atoms with Gasteiger partial charge in [-0.2, -0.15) is 9.78 Å². The van der Waals surface area contributed by atoms with Crippen molar-refractivity contribution in [3.8, 4) is 16.9 Å². The van der Waals surface area contributed by atoms with Crippen LogP contribution >= 0.6 is 0 Å². The summed E-state index contributed by atoms with van der Waals surface area (Å²) in [6.07, 6.45) is 4.44. The van der Waals surface area contributed by atoms with Crippen LogP contribution in [0.5, 0.6) is 0 Å². The second kappa shape index (κ2) is 11.8. The van der Waals surface area contributed by atoms with Gasteiger partial charge in [0.1, 0.15) is 23.0 Å². The van der Waals surface area contributed by atoms with Gasteiger partial charge in [-0.3, -0.25) is 19.1 Å². The zero-order valence-electron chi connectivity index (χ0n) is 26.1. The number of likely N-dealkylation sites (tertiary alicyclic amines) is 1. The van der Waals surface area contributed by atoms with E-state index in [1.807, 2.05) is 16.6 Å². The molecule has 47 heavy (non-hydrogen) atoms. The zero-order valence-corrected chi connectivity index (χ0v) is 26.1. The number of aromatic nitrogens is 6. The quantitative estimate of drug-likeness (QED) is 0.253. The molecule has 4 aromatic heterocycles. The van der Waals surface area contributed by atoms with Gasteiger partial charge in [0.05, 0.1) is 25.5 Å². The highest BCUT2D eigenvalue weighted by atomic mass is 16.5. The van der Waals surface area contributed by atoms with Crippen LogP contribution in [0.3, 0.4) is 0 Å². The molecule has 5 aromatic rings. The fourth-order valence-corrected chi connectivity index (χ4v) is 6.52. The third kappa shape index (κ3) is 5.44. The fraction of sp³-hybridized carbons (Fsp3) is 0.333. The molecule has 242 valence electrons. The molecule has 0 unspecified atom stereocenters. The van der Waals surface area contributed by atoms with E-state index in [1.54, 1.807) is 46.1 Å². The summed E-state index contributed by atoms with van der Waals surface area (Å²) in [5, 5.41) is 17.6. The van der Waals surface area contributed by atoms with Crippen LogP contribution < -0.4 is 16.6 Å². The van der Waals surface area contributed by atoms with Crippen LogP contribution in [-0.2, 0) is 22.7 Å². The van der Waals surface area contributed by atoms with Crippen molar-refractivity contribution in [2.45, 2.75) is 51.4 Å². The molecule has 0 aliphatic carbocycles. The highest BCUT2D eigenvalue weighted by molar-refractivity contribution is 6.05. The van der Waals surface area contributed by atoms with E-state index in [2.05, 4.69) is 26.4 Å². The lowest BCUT2D eigenvalue weighted by Crippen LogP contribution is -2.48. The molecule has 14 heteroatoms. The Morgan fingerprint density at radius 3 is 2.53 bits per heavy atom. The fourth-order valence-electron chi connectivity index (χ4n) is 6.52. The van der Waals surface area contributed by atoms with Crippen molar-refractivity contribution < 1.29 is 19.4 Å². The van der Waals surface area contributed by atoms with E-state index in [1.165, 1.54) is 24.9 Å². The van der Waals surface area contributed by atoms with E-state index in [-0.39, 0.29) is 24.0 Å². The Bertz CT molecular complexity index is 2030. The average Bonchev–Trinajstić information content (AvgIpc) is 3.61. The molecule has 0 radical (unpaired) electrons. The molecule has 4 N–H and O–H groups in total. The van der Waals surface area contributed by atoms with E-state index in [9.17, 15) is 19.5 Å². The monoisotopic (exact) mass is 637 g/mol. The summed E-state index contributed by atoms with van der Waals surface area (Å²) < 4.78 is 10.6. The maximum atomic E-state index is 13.5. The minimum absolute atomic E-state index is 0.0164. The summed E-state index contributed by atoms with van der Waals surface area (Å²) in [6.45, 7) is 5.04. The first-order valence-electron chi connectivity index (χ1n) is 15.5. The van der Waals surface area contributed by atoms with Gasteiger partial charge in [0.25, 0.3) is 17.4 Å². The number of pyridine rings is 1. The number of carbonyl (C=O) groups is 2. The van der Waals surface area contributed by atoms with Crippen molar-refractivity contribution in [2.24, 2.45) is 0 Å². The number of nitrogens with zero attached hydrogens (tertiary/aromatic N) is 7. The number of amides is 2. The van der Waals surface area contributed by atoms with Gasteiger partial charge in [-0.25, -0.2) is 14.5 Å². The molecule has 2 aliphatic rings. The van der Waals surface area contributed by atoms with Gasteiger partial charge in [-0.15, -0.1) is 0 Å². The first-order chi connectivity index (χ1) is 22.6. The number of fused-ring (bicyclic) bond motifs is 2. The molecule has 2 amide bonds. The normalized spacial score (nSPS) is 15.5. The van der Waals surface area contributed by atoms with Crippen LogP contribution in [0.25, 0.3) is 22.5 Å². The maximum Gasteiger partial charge on any atom is 0.286 e. The van der Waals surface area contributed by atoms with Crippen molar-refractivity contribution in [1.82, 2.24) is 33.8 Å². The third-order valence-electron chi connectivity index (χ3n) is 8.82. The van der Waals surface area contributed by atoms with Gasteiger partial charge < -0.3 is 25.8 Å². The zero-order chi connectivity index (χ0) is 32.9. The number of nitrogens with two attached hydrogens (primary N) is 1. The second-order valence-corrected chi connectivity index (χ2v) is 12.3. The van der Waals surface area contributed by atoms with Gasteiger partial charge in [0.15, 0.2) is 11.6 Å². The summed E-state index contributed by atoms with van der Waals surface area (Å²) >= 11 is 0. The van der Waals surface area contributed by atoms with Crippen LogP contribution in [-0.4, -0.2) is 76.1 Å². The molecule has 6 heterocycles. The van der Waals surface area contributed by atoms with Gasteiger partial charge in [-0.05, 0) is 62.6 Å². The summed E-state index contributed by atoms with van der Waals surface area (Å²) in [4.78, 5) is 49.9. The number of ether oxygens (including phenoxy) is 1. The summed E-state index contributed by atoms with van der Waals surface area (Å²) in [5.41, 5.74) is 8.82. The van der Waals surface area contributed by atoms with Gasteiger partial charge in [0, 0.05) is 42.1 Å². The predicted molar refractivity (Wildman–Crippen MR) is 173 cm³/mol. The minimum atomic E-state index is -1.41. The van der Waals surface area contributed by atoms with Crippen molar-refractivity contribution in [2.75, 3.05) is 30.7 Å². The lowest BCUT2D eigenvalue weighted by molar-refractivity contribution is -0.148. The highest BCUT2D eigenvalue weighted by Gasteiger charge is 2.34. The Kier molecular flexibility index (Phi) is 7.60. The molecule has 14 nitrogen and oxygen atoms in total. The molecule has 1 aromatic carbocycles. The molecule has 1 fully saturated rings. The maximum absolute atomic E-state index is 13.5. The molecular formula is C33H35N9O5. The van der Waals surface area contributed by atoms with Crippen LogP contribution in [0.4, 0.5) is 11.5 Å². The largest absolute Gasteiger partial charge is 0.382 e. The molecular weight excluding hydrogens is 602 g/mol. The van der Waals surface area contributed by atoms with E-state index in [0.29, 0.717) is 67.6 Å². The van der Waals surface area contributed by atoms with Crippen LogP contribution in [0, 0.1) is 0 Å². The topological polar surface area (TPSA) is 175 Å². The number of hydrogen-bond donors (Lipinski definition) is 3. The highest BCUT2D eigenvalue weighted by Crippen LogP contribution is 2.37. The number of benzene rings is 1. The minimum Gasteiger partial charge on any atom is -0.382 e. The average molecular weight is 638 g/mol. The summed E-state index contributed by atoms with van der Waals surface area (Å²) in [6, 6.07) is 14.6. The second-order valence-electron chi connectivity index (χ2n) is 12.3. The molecule has 7 rings (SSSR count). The Morgan fingerprint density at radius 2 is 1.83 bits per heavy atom. The lowest BCUT2D eigenvalue weighted by atomic mass is 9.92. The molecule has 0 atom stereocenters. The van der Waals surface area contributed by atoms with Crippen molar-refractivity contribution in [1.29, 1.82) is 0 Å². The van der Waals surface area contributed by atoms with Gasteiger partial charge >= 0.3 is 0 Å². The van der Waals surface area contributed by atoms with E-state index < -0.39 is 17.1 Å². The first-order valence-corrected chi connectivity index (χ1v) is 15.5. The molecule has 0 bridgehead atoms. The molecule has 2 aliphatic heterocycles. The standard InChI is InChI=1S/C33H35N9O5/c1-33(2,46)32(45)39-13-10-21(11-14-39)24-17-23(28-29(34)36-19-37-41(24)28)20-6-8-22(9-7-20)38-30(43)27-25-18-47-16-15-40(25)42(31(27)44)26-5-3-4-12-35-26/h3-9,12,17,19,21,46H,10-11,13-16,18H2,1-2H3,(H,38,43)(H2,34,36,37). The molecule has 0 saturated carbocycles. The number of nitrogens with one attached hydrogen (secondary N) is 1. The smallest absolute Gasteiger partial charge is 0.286 e. The first kappa shape index (κ1) is 30.3. The van der Waals surface area contributed by atoms with Crippen molar-refractivity contribution in [3.05, 3.63) is 88.4 Å². The lowest BCUT2D eigenvalue weighted by Gasteiger charge is -2.35. The predicted octanol–water partition coefficient (Wildman–Crippen LogP) is 2.59. The molecule has 1 saturated heterocycles. The number of aliphatic hydroxyl groups is 1. The number of carbonyl (C=O) groups excluding carboxylic acids is 2. The number of hydrogen-bond acceptors (Lipinski definition) is 9. The Hall–Kier alpha value is -5.34. The number of piperidine rings is 1. The Labute approximate surface area is 269 Å². The summed E-state index contributed by atoms with van der Waals surface area (Å²) in [5.74, 6) is 0.0650. The number of nitrogen functional groups attached to an aromatic ring is 1. The van der Waals surface area contributed by atoms with Crippen molar-refractivity contribution >= 4 is 28.8 Å². The molecule has 0 spiro atoms. The van der Waals surface area contributed by atoms with Gasteiger partial charge in [-0.1, -0.05) is 18.2 Å². The number of anilines is 2. The van der Waals surface area contributed by atoms with E-state index in [4.69, 9.17) is 10.5 Å². The van der Waals surface area contributed by atoms with Crippen LogP contribution in [0.1, 0.15) is 54.4 Å². The summed E-state index contributed by atoms with van der Waals surface area (Å²) in [7, 11) is 0. The number of rotatable bonds is 6.